The number of hydrogen-bond donors (Lipinski definition) is 1. The fourth-order valence-corrected chi connectivity index (χ4v) is 3.95. The van der Waals surface area contributed by atoms with E-state index in [4.69, 9.17) is 0 Å². The second kappa shape index (κ2) is 8.34. The lowest BCUT2D eigenvalue weighted by molar-refractivity contribution is -0.113. The third-order valence-corrected chi connectivity index (χ3v) is 5.15. The maximum Gasteiger partial charge on any atom is 0.234 e. The van der Waals surface area contributed by atoms with E-state index in [0.717, 1.165) is 29.6 Å². The van der Waals surface area contributed by atoms with Crippen molar-refractivity contribution in [2.45, 2.75) is 25.3 Å². The first-order chi connectivity index (χ1) is 12.1. The summed E-state index contributed by atoms with van der Waals surface area (Å²) in [5.41, 5.74) is 0.813. The van der Waals surface area contributed by atoms with Gasteiger partial charge in [0.1, 0.15) is 17.2 Å². The monoisotopic (exact) mass is 356 g/mol. The Labute approximate surface area is 153 Å². The summed E-state index contributed by atoms with van der Waals surface area (Å²) in [5, 5.41) is 3.72. The number of benzene rings is 1. The van der Waals surface area contributed by atoms with E-state index in [-0.39, 0.29) is 5.91 Å². The zero-order chi connectivity index (χ0) is 17.6. The summed E-state index contributed by atoms with van der Waals surface area (Å²) in [6.07, 6.45) is 2.86. The highest BCUT2D eigenvalue weighted by molar-refractivity contribution is 7.99. The van der Waals surface area contributed by atoms with Gasteiger partial charge in [-0.05, 0) is 30.4 Å². The topological polar surface area (TPSA) is 58.1 Å². The molecule has 6 heteroatoms. The maximum atomic E-state index is 12.1. The minimum Gasteiger partial charge on any atom is -0.356 e. The molecule has 0 radical (unpaired) electrons. The highest BCUT2D eigenvalue weighted by Gasteiger charge is 2.23. The van der Waals surface area contributed by atoms with Gasteiger partial charge in [0, 0.05) is 24.8 Å². The predicted octanol–water partition coefficient (Wildman–Crippen LogP) is 3.69. The first-order valence-electron chi connectivity index (χ1n) is 8.65. The van der Waals surface area contributed by atoms with Gasteiger partial charge in [0.25, 0.3) is 0 Å². The molecule has 1 aliphatic heterocycles. The van der Waals surface area contributed by atoms with Crippen LogP contribution in [0.25, 0.3) is 0 Å². The summed E-state index contributed by atoms with van der Waals surface area (Å²) in [6.45, 7) is 6.63. The quantitative estimate of drug-likeness (QED) is 0.654. The van der Waals surface area contributed by atoms with Crippen LogP contribution in [0.5, 0.6) is 0 Å². The van der Waals surface area contributed by atoms with Crippen LogP contribution in [0.1, 0.15) is 20.3 Å². The van der Waals surface area contributed by atoms with Crippen LogP contribution < -0.4 is 10.2 Å². The summed E-state index contributed by atoms with van der Waals surface area (Å²) >= 11 is 1.44. The molecule has 25 heavy (non-hydrogen) atoms. The molecule has 0 bridgehead atoms. The third kappa shape index (κ3) is 5.19. The number of carbonyl (C=O) groups excluding carboxylic acids is 1. The Hall–Kier alpha value is -2.08. The Morgan fingerprint density at radius 1 is 1.20 bits per heavy atom. The average molecular weight is 356 g/mol. The highest BCUT2D eigenvalue weighted by atomic mass is 32.2. The summed E-state index contributed by atoms with van der Waals surface area (Å²) in [4.78, 5) is 23.1. The van der Waals surface area contributed by atoms with Crippen LogP contribution in [-0.2, 0) is 4.79 Å². The molecule has 1 aromatic carbocycles. The first-order valence-corrected chi connectivity index (χ1v) is 9.63. The summed E-state index contributed by atoms with van der Waals surface area (Å²) in [7, 11) is 0. The molecule has 2 aromatic rings. The van der Waals surface area contributed by atoms with Crippen LogP contribution in [0.4, 0.5) is 11.5 Å². The fourth-order valence-electron chi connectivity index (χ4n) is 3.29. The zero-order valence-corrected chi connectivity index (χ0v) is 15.5. The van der Waals surface area contributed by atoms with Crippen molar-refractivity contribution in [3.63, 3.8) is 0 Å². The Morgan fingerprint density at radius 3 is 2.64 bits per heavy atom. The summed E-state index contributed by atoms with van der Waals surface area (Å²) < 4.78 is 0. The second-order valence-corrected chi connectivity index (χ2v) is 7.76. The Balaban J connectivity index is 1.57. The van der Waals surface area contributed by atoms with Gasteiger partial charge in [0.2, 0.25) is 5.91 Å². The van der Waals surface area contributed by atoms with Gasteiger partial charge < -0.3 is 10.2 Å². The van der Waals surface area contributed by atoms with E-state index in [2.05, 4.69) is 34.0 Å². The number of carbonyl (C=O) groups is 1. The number of hydrogen-bond acceptors (Lipinski definition) is 5. The molecule has 2 heterocycles. The third-order valence-electron chi connectivity index (χ3n) is 4.23. The molecule has 2 atom stereocenters. The van der Waals surface area contributed by atoms with Crippen molar-refractivity contribution in [2.75, 3.05) is 29.1 Å². The number of anilines is 2. The van der Waals surface area contributed by atoms with Gasteiger partial charge in [0.05, 0.1) is 5.75 Å². The molecule has 5 nitrogen and oxygen atoms in total. The Kier molecular flexibility index (Phi) is 5.91. The van der Waals surface area contributed by atoms with Crippen LogP contribution in [0, 0.1) is 11.8 Å². The van der Waals surface area contributed by atoms with Crippen molar-refractivity contribution in [3.05, 3.63) is 42.7 Å². The van der Waals surface area contributed by atoms with E-state index >= 15 is 0 Å². The maximum absolute atomic E-state index is 12.1. The minimum atomic E-state index is -0.0309. The lowest BCUT2D eigenvalue weighted by atomic mass is 9.92. The number of rotatable bonds is 5. The van der Waals surface area contributed by atoms with E-state index in [1.165, 1.54) is 18.2 Å². The molecular formula is C19H24N4OS. The molecule has 0 spiro atoms. The first kappa shape index (κ1) is 17.7. The SMILES string of the molecule is C[C@@H]1C[C@H](C)CN(c2cc(SCC(=O)Nc3ccccc3)ncn2)C1. The minimum absolute atomic E-state index is 0.0309. The molecule has 1 aliphatic rings. The van der Waals surface area contributed by atoms with Crippen molar-refractivity contribution in [1.29, 1.82) is 0 Å². The van der Waals surface area contributed by atoms with Gasteiger partial charge in [-0.2, -0.15) is 0 Å². The average Bonchev–Trinajstić information content (AvgIpc) is 2.60. The molecule has 0 unspecified atom stereocenters. The molecule has 0 aliphatic carbocycles. The van der Waals surface area contributed by atoms with Crippen molar-refractivity contribution >= 4 is 29.2 Å². The molecule has 3 rings (SSSR count). The number of nitrogens with zero attached hydrogens (tertiary/aromatic N) is 3. The number of para-hydroxylation sites is 1. The smallest absolute Gasteiger partial charge is 0.234 e. The molecular weight excluding hydrogens is 332 g/mol. The molecule has 1 aromatic heterocycles. The molecule has 1 N–H and O–H groups in total. The van der Waals surface area contributed by atoms with E-state index in [9.17, 15) is 4.79 Å². The predicted molar refractivity (Wildman–Crippen MR) is 103 cm³/mol. The van der Waals surface area contributed by atoms with Crippen LogP contribution in [0.3, 0.4) is 0 Å². The van der Waals surface area contributed by atoms with Crippen molar-refractivity contribution in [2.24, 2.45) is 11.8 Å². The molecule has 0 saturated carbocycles. The van der Waals surface area contributed by atoms with Crippen molar-refractivity contribution < 1.29 is 4.79 Å². The van der Waals surface area contributed by atoms with Gasteiger partial charge >= 0.3 is 0 Å². The van der Waals surface area contributed by atoms with E-state index in [0.29, 0.717) is 17.6 Å². The van der Waals surface area contributed by atoms with Gasteiger partial charge in [-0.3, -0.25) is 4.79 Å². The van der Waals surface area contributed by atoms with Crippen molar-refractivity contribution in [3.8, 4) is 0 Å². The Bertz CT molecular complexity index is 700. The van der Waals surface area contributed by atoms with Gasteiger partial charge in [-0.1, -0.05) is 43.8 Å². The van der Waals surface area contributed by atoms with Crippen LogP contribution >= 0.6 is 11.8 Å². The largest absolute Gasteiger partial charge is 0.356 e. The zero-order valence-electron chi connectivity index (χ0n) is 14.7. The van der Waals surface area contributed by atoms with Gasteiger partial charge in [-0.15, -0.1) is 0 Å². The molecule has 1 fully saturated rings. The highest BCUT2D eigenvalue weighted by Crippen LogP contribution is 2.26. The van der Waals surface area contributed by atoms with Crippen LogP contribution in [0.15, 0.2) is 47.8 Å². The standard InChI is InChI=1S/C19H24N4OS/c1-14-8-15(2)11-23(10-14)17-9-19(21-13-20-17)25-12-18(24)22-16-6-4-3-5-7-16/h3-7,9,13-15H,8,10-12H2,1-2H3,(H,22,24)/t14-,15+. The summed E-state index contributed by atoms with van der Waals surface area (Å²) in [5.74, 6) is 2.60. The number of piperidine rings is 1. The number of aromatic nitrogens is 2. The van der Waals surface area contributed by atoms with E-state index in [1.54, 1.807) is 6.33 Å². The van der Waals surface area contributed by atoms with Crippen LogP contribution in [-0.4, -0.2) is 34.7 Å². The molecule has 1 saturated heterocycles. The molecule has 1 amide bonds. The van der Waals surface area contributed by atoms with Crippen LogP contribution in [0.2, 0.25) is 0 Å². The van der Waals surface area contributed by atoms with E-state index in [1.807, 2.05) is 36.4 Å². The molecule has 132 valence electrons. The number of amides is 1. The number of nitrogens with one attached hydrogen (secondary N) is 1. The Morgan fingerprint density at radius 2 is 1.92 bits per heavy atom. The van der Waals surface area contributed by atoms with Gasteiger partial charge in [0.15, 0.2) is 0 Å². The fraction of sp³-hybridized carbons (Fsp3) is 0.421. The normalized spacial score (nSPS) is 20.3. The van der Waals surface area contributed by atoms with Gasteiger partial charge in [-0.25, -0.2) is 9.97 Å². The summed E-state index contributed by atoms with van der Waals surface area (Å²) in [6, 6.07) is 11.5. The van der Waals surface area contributed by atoms with Crippen molar-refractivity contribution in [1.82, 2.24) is 9.97 Å². The lowest BCUT2D eigenvalue weighted by Gasteiger charge is -2.35. The van der Waals surface area contributed by atoms with E-state index < -0.39 is 0 Å². The number of thioether (sulfide) groups is 1. The second-order valence-electron chi connectivity index (χ2n) is 6.77. The lowest BCUT2D eigenvalue weighted by Crippen LogP contribution is -2.39.